The third-order valence-electron chi connectivity index (χ3n) is 4.07. The molecule has 7 nitrogen and oxygen atoms in total. The van der Waals surface area contributed by atoms with Gasteiger partial charge in [0.2, 0.25) is 11.8 Å². The van der Waals surface area contributed by atoms with Crippen molar-refractivity contribution in [2.75, 3.05) is 37.9 Å². The number of hydrogen-bond acceptors (Lipinski definition) is 8. The minimum absolute atomic E-state index is 0.436. The normalized spacial score (nSPS) is 10.8. The Kier molecular flexibility index (Phi) is 8.33. The molecule has 0 aliphatic heterocycles. The molecule has 0 amide bonds. The van der Waals surface area contributed by atoms with Crippen molar-refractivity contribution in [3.05, 3.63) is 65.5 Å². The van der Waals surface area contributed by atoms with Crippen LogP contribution < -0.4 is 10.1 Å². The fourth-order valence-electron chi connectivity index (χ4n) is 2.57. The summed E-state index contributed by atoms with van der Waals surface area (Å²) < 4.78 is 16.3. The summed E-state index contributed by atoms with van der Waals surface area (Å²) in [6.07, 6.45) is 6.04. The van der Waals surface area contributed by atoms with Gasteiger partial charge in [0.05, 0.1) is 18.6 Å². The Labute approximate surface area is 175 Å². The summed E-state index contributed by atoms with van der Waals surface area (Å²) in [5.41, 5.74) is 3.00. The van der Waals surface area contributed by atoms with Crippen LogP contribution in [0.15, 0.2) is 47.3 Å². The monoisotopic (exact) mass is 414 g/mol. The van der Waals surface area contributed by atoms with Gasteiger partial charge in [-0.3, -0.25) is 4.98 Å². The van der Waals surface area contributed by atoms with Gasteiger partial charge in [-0.2, -0.15) is 16.7 Å². The number of anilines is 1. The quantitative estimate of drug-likeness (QED) is 0.449. The molecule has 0 aliphatic rings. The number of hydrogen-bond donors (Lipinski definition) is 1. The van der Waals surface area contributed by atoms with Gasteiger partial charge < -0.3 is 19.2 Å². The van der Waals surface area contributed by atoms with Crippen LogP contribution >= 0.6 is 11.8 Å². The van der Waals surface area contributed by atoms with E-state index in [4.69, 9.17) is 13.9 Å². The van der Waals surface area contributed by atoms with Crippen LogP contribution in [0.3, 0.4) is 0 Å². The molecule has 0 atom stereocenters. The van der Waals surface area contributed by atoms with Crippen molar-refractivity contribution in [2.24, 2.45) is 0 Å². The lowest BCUT2D eigenvalue weighted by atomic mass is 10.1. The Morgan fingerprint density at radius 3 is 2.83 bits per heavy atom. The van der Waals surface area contributed by atoms with Gasteiger partial charge in [0.25, 0.3) is 0 Å². The predicted octanol–water partition coefficient (Wildman–Crippen LogP) is 3.73. The van der Waals surface area contributed by atoms with Crippen molar-refractivity contribution in [1.29, 1.82) is 0 Å². The summed E-state index contributed by atoms with van der Waals surface area (Å²) in [7, 11) is 1.65. The van der Waals surface area contributed by atoms with Crippen molar-refractivity contribution in [3.8, 4) is 5.88 Å². The maximum atomic E-state index is 5.84. The Hall–Kier alpha value is -2.58. The standard InChI is InChI=1S/C21H26N4O3S/c1-16-5-6-17(13-23-16)12-18-14-24-21(25-20(18)28-10-9-26-2)22-7-11-29-15-19-4-3-8-27-19/h3-6,8,13-14H,7,9-12,15H2,1-2H3,(H,22,24,25). The average Bonchev–Trinajstić information content (AvgIpc) is 3.25. The summed E-state index contributed by atoms with van der Waals surface area (Å²) >= 11 is 1.79. The van der Waals surface area contributed by atoms with E-state index >= 15 is 0 Å². The maximum Gasteiger partial charge on any atom is 0.225 e. The number of aromatic nitrogens is 3. The molecule has 0 aromatic carbocycles. The number of methoxy groups -OCH3 is 1. The van der Waals surface area contributed by atoms with Crippen LogP contribution in [0.4, 0.5) is 5.95 Å². The summed E-state index contributed by atoms with van der Waals surface area (Å²) in [5, 5.41) is 3.26. The largest absolute Gasteiger partial charge is 0.475 e. The Balaban J connectivity index is 1.57. The summed E-state index contributed by atoms with van der Waals surface area (Å²) in [4.78, 5) is 13.4. The molecule has 0 fully saturated rings. The number of aryl methyl sites for hydroxylation is 1. The van der Waals surface area contributed by atoms with E-state index in [0.717, 1.165) is 40.6 Å². The van der Waals surface area contributed by atoms with Crippen LogP contribution in [0.25, 0.3) is 0 Å². The SMILES string of the molecule is COCCOc1nc(NCCSCc2ccco2)ncc1Cc1ccc(C)nc1. The van der Waals surface area contributed by atoms with E-state index in [1.54, 1.807) is 25.1 Å². The van der Waals surface area contributed by atoms with Crippen LogP contribution in [-0.2, 0) is 16.9 Å². The van der Waals surface area contributed by atoms with Gasteiger partial charge in [0.1, 0.15) is 12.4 Å². The molecule has 0 unspecified atom stereocenters. The molecule has 3 rings (SSSR count). The molecule has 3 aromatic heterocycles. The van der Waals surface area contributed by atoms with Crippen molar-refractivity contribution in [3.63, 3.8) is 0 Å². The molecule has 3 aromatic rings. The fourth-order valence-corrected chi connectivity index (χ4v) is 3.33. The van der Waals surface area contributed by atoms with Crippen LogP contribution in [0.1, 0.15) is 22.6 Å². The van der Waals surface area contributed by atoms with Gasteiger partial charge in [-0.25, -0.2) is 4.98 Å². The lowest BCUT2D eigenvalue weighted by molar-refractivity contribution is 0.143. The number of thioether (sulfide) groups is 1. The minimum atomic E-state index is 0.436. The molecule has 0 bridgehead atoms. The molecule has 0 spiro atoms. The molecule has 1 N–H and O–H groups in total. The molecule has 0 radical (unpaired) electrons. The van der Waals surface area contributed by atoms with Gasteiger partial charge in [0.15, 0.2) is 0 Å². The van der Waals surface area contributed by atoms with Gasteiger partial charge in [-0.05, 0) is 30.7 Å². The first-order valence-corrected chi connectivity index (χ1v) is 10.6. The van der Waals surface area contributed by atoms with Crippen LogP contribution in [0, 0.1) is 6.92 Å². The molecule has 3 heterocycles. The lowest BCUT2D eigenvalue weighted by Gasteiger charge is -2.12. The number of ether oxygens (including phenoxy) is 2. The highest BCUT2D eigenvalue weighted by Crippen LogP contribution is 2.20. The van der Waals surface area contributed by atoms with Gasteiger partial charge >= 0.3 is 0 Å². The van der Waals surface area contributed by atoms with E-state index in [0.29, 0.717) is 31.5 Å². The van der Waals surface area contributed by atoms with Crippen molar-refractivity contribution in [2.45, 2.75) is 19.1 Å². The second kappa shape index (κ2) is 11.4. The molecule has 0 saturated heterocycles. The van der Waals surface area contributed by atoms with Crippen LogP contribution in [0.5, 0.6) is 5.88 Å². The minimum Gasteiger partial charge on any atom is -0.475 e. The molecule has 0 aliphatic carbocycles. The van der Waals surface area contributed by atoms with Gasteiger partial charge in [0, 0.05) is 49.5 Å². The first-order valence-electron chi connectivity index (χ1n) is 9.48. The highest BCUT2D eigenvalue weighted by atomic mass is 32.2. The number of furan rings is 1. The van der Waals surface area contributed by atoms with Crippen LogP contribution in [0.2, 0.25) is 0 Å². The highest BCUT2D eigenvalue weighted by molar-refractivity contribution is 7.98. The van der Waals surface area contributed by atoms with Crippen molar-refractivity contribution >= 4 is 17.7 Å². The maximum absolute atomic E-state index is 5.84. The third-order valence-corrected chi connectivity index (χ3v) is 5.05. The molecule has 29 heavy (non-hydrogen) atoms. The summed E-state index contributed by atoms with van der Waals surface area (Å²) in [6, 6.07) is 7.94. The first kappa shape index (κ1) is 21.1. The summed E-state index contributed by atoms with van der Waals surface area (Å²) in [6.45, 7) is 3.66. The number of nitrogens with one attached hydrogen (secondary N) is 1. The van der Waals surface area contributed by atoms with E-state index in [9.17, 15) is 0 Å². The molecule has 8 heteroatoms. The van der Waals surface area contributed by atoms with Crippen molar-refractivity contribution < 1.29 is 13.9 Å². The average molecular weight is 415 g/mol. The Morgan fingerprint density at radius 1 is 1.14 bits per heavy atom. The third kappa shape index (κ3) is 7.07. The molecule has 154 valence electrons. The molecule has 0 saturated carbocycles. The van der Waals surface area contributed by atoms with E-state index in [2.05, 4.69) is 26.3 Å². The zero-order chi connectivity index (χ0) is 20.3. The zero-order valence-corrected chi connectivity index (χ0v) is 17.6. The first-order chi connectivity index (χ1) is 14.2. The highest BCUT2D eigenvalue weighted by Gasteiger charge is 2.10. The van der Waals surface area contributed by atoms with E-state index in [1.807, 2.05) is 37.5 Å². The Bertz CT molecular complexity index is 857. The Morgan fingerprint density at radius 2 is 2.07 bits per heavy atom. The van der Waals surface area contributed by atoms with E-state index < -0.39 is 0 Å². The fraction of sp³-hybridized carbons (Fsp3) is 0.381. The topological polar surface area (TPSA) is 82.3 Å². The van der Waals surface area contributed by atoms with E-state index in [1.165, 1.54) is 0 Å². The lowest BCUT2D eigenvalue weighted by Crippen LogP contribution is -2.12. The number of nitrogens with zero attached hydrogens (tertiary/aromatic N) is 3. The molecular weight excluding hydrogens is 388 g/mol. The van der Waals surface area contributed by atoms with Crippen molar-refractivity contribution in [1.82, 2.24) is 15.0 Å². The summed E-state index contributed by atoms with van der Waals surface area (Å²) in [5.74, 6) is 3.88. The second-order valence-corrected chi connectivity index (χ2v) is 7.51. The predicted molar refractivity (Wildman–Crippen MR) is 115 cm³/mol. The second-order valence-electron chi connectivity index (χ2n) is 6.41. The zero-order valence-electron chi connectivity index (χ0n) is 16.8. The molecular formula is C21H26N4O3S. The number of rotatable bonds is 12. The van der Waals surface area contributed by atoms with Gasteiger partial charge in [-0.1, -0.05) is 6.07 Å². The van der Waals surface area contributed by atoms with Gasteiger partial charge in [-0.15, -0.1) is 0 Å². The van der Waals surface area contributed by atoms with Crippen LogP contribution in [-0.4, -0.2) is 47.6 Å². The number of pyridine rings is 1. The van der Waals surface area contributed by atoms with E-state index in [-0.39, 0.29) is 0 Å². The smallest absolute Gasteiger partial charge is 0.225 e.